The maximum Gasteiger partial charge on any atom is 0.416 e. The lowest BCUT2D eigenvalue weighted by molar-refractivity contribution is -0.137. The van der Waals surface area contributed by atoms with Crippen LogP contribution in [0, 0.1) is 11.8 Å². The molecule has 0 aliphatic heterocycles. The second-order valence-electron chi connectivity index (χ2n) is 4.82. The Morgan fingerprint density at radius 1 is 1.12 bits per heavy atom. The summed E-state index contributed by atoms with van der Waals surface area (Å²) in [6.07, 6.45) is -4.61. The molecule has 0 bridgehead atoms. The lowest BCUT2D eigenvalue weighted by atomic mass is 10.0. The summed E-state index contributed by atoms with van der Waals surface area (Å²) in [6, 6.07) is 8.84. The minimum atomic E-state index is -4.61. The molecule has 2 aromatic carbocycles. The van der Waals surface area contributed by atoms with E-state index >= 15 is 0 Å². The number of hydrogen-bond acceptors (Lipinski definition) is 3. The van der Waals surface area contributed by atoms with Gasteiger partial charge in [-0.2, -0.15) is 13.2 Å². The smallest absolute Gasteiger partial charge is 0.416 e. The van der Waals surface area contributed by atoms with Crippen LogP contribution in [-0.2, 0) is 10.9 Å². The molecule has 0 spiro atoms. The van der Waals surface area contributed by atoms with E-state index in [9.17, 15) is 23.1 Å². The first kappa shape index (κ1) is 17.4. The van der Waals surface area contributed by atoms with Crippen LogP contribution >= 0.6 is 0 Å². The number of carbonyl (C=O) groups is 1. The van der Waals surface area contributed by atoms with Gasteiger partial charge in [0.25, 0.3) is 0 Å². The maximum atomic E-state index is 13.0. The van der Waals surface area contributed by atoms with Crippen molar-refractivity contribution in [2.45, 2.75) is 13.1 Å². The summed E-state index contributed by atoms with van der Waals surface area (Å²) in [5.74, 6) is 4.37. The first-order chi connectivity index (χ1) is 11.3. The number of aromatic hydroxyl groups is 1. The van der Waals surface area contributed by atoms with Crippen LogP contribution in [0.2, 0.25) is 0 Å². The molecule has 0 saturated heterocycles. The molecule has 24 heavy (non-hydrogen) atoms. The van der Waals surface area contributed by atoms with Gasteiger partial charge < -0.3 is 9.84 Å². The van der Waals surface area contributed by atoms with Crippen molar-refractivity contribution in [2.75, 3.05) is 6.61 Å². The number of esters is 1. The molecule has 0 aliphatic carbocycles. The van der Waals surface area contributed by atoms with Crippen molar-refractivity contribution in [2.24, 2.45) is 0 Å². The molecule has 0 atom stereocenters. The van der Waals surface area contributed by atoms with Gasteiger partial charge in [-0.05, 0) is 43.3 Å². The summed E-state index contributed by atoms with van der Waals surface area (Å²) in [6.45, 7) is 1.62. The van der Waals surface area contributed by atoms with E-state index in [0.717, 1.165) is 12.1 Å². The fourth-order valence-corrected chi connectivity index (χ4v) is 1.92. The number of halogens is 3. The van der Waals surface area contributed by atoms with Gasteiger partial charge in [-0.25, -0.2) is 4.79 Å². The van der Waals surface area contributed by atoms with Crippen LogP contribution in [0.1, 0.15) is 34.0 Å². The summed E-state index contributed by atoms with van der Waals surface area (Å²) < 4.78 is 43.7. The minimum absolute atomic E-state index is 0.00180. The van der Waals surface area contributed by atoms with Crippen LogP contribution in [0.3, 0.4) is 0 Å². The predicted octanol–water partition coefficient (Wildman–Crippen LogP) is 3.99. The molecule has 0 saturated carbocycles. The summed E-state index contributed by atoms with van der Waals surface area (Å²) >= 11 is 0. The number of carbonyl (C=O) groups excluding carboxylic acids is 1. The molecule has 0 heterocycles. The van der Waals surface area contributed by atoms with Gasteiger partial charge in [0, 0.05) is 11.1 Å². The van der Waals surface area contributed by atoms with E-state index in [2.05, 4.69) is 11.8 Å². The number of alkyl halides is 3. The third kappa shape index (κ3) is 4.53. The number of ether oxygens (including phenoxy) is 1. The zero-order valence-electron chi connectivity index (χ0n) is 12.6. The van der Waals surface area contributed by atoms with Gasteiger partial charge in [-0.1, -0.05) is 17.9 Å². The van der Waals surface area contributed by atoms with Crippen LogP contribution in [0.25, 0.3) is 0 Å². The SMILES string of the molecule is CCOC(=O)c1cc(C#Cc2cccc(O)c2)cc(C(F)(F)F)c1. The van der Waals surface area contributed by atoms with E-state index in [0.29, 0.717) is 5.56 Å². The number of hydrogen-bond donors (Lipinski definition) is 1. The molecule has 0 radical (unpaired) electrons. The van der Waals surface area contributed by atoms with Gasteiger partial charge in [-0.3, -0.25) is 0 Å². The molecule has 6 heteroatoms. The highest BCUT2D eigenvalue weighted by molar-refractivity contribution is 5.90. The first-order valence-corrected chi connectivity index (χ1v) is 7.00. The normalized spacial score (nSPS) is 10.7. The molecule has 3 nitrogen and oxygen atoms in total. The van der Waals surface area contributed by atoms with Crippen LogP contribution in [0.4, 0.5) is 13.2 Å². The van der Waals surface area contributed by atoms with Crippen LogP contribution in [-0.4, -0.2) is 17.7 Å². The lowest BCUT2D eigenvalue weighted by Gasteiger charge is -2.09. The van der Waals surface area contributed by atoms with Gasteiger partial charge in [-0.15, -0.1) is 0 Å². The van der Waals surface area contributed by atoms with Crippen LogP contribution in [0.5, 0.6) is 5.75 Å². The standard InChI is InChI=1S/C18H13F3O3/c1-2-24-17(23)14-8-13(9-15(11-14)18(19,20)21)7-6-12-4-3-5-16(22)10-12/h3-5,8-11,22H,2H2,1H3. The van der Waals surface area contributed by atoms with Gasteiger partial charge in [0.1, 0.15) is 5.75 Å². The van der Waals surface area contributed by atoms with Gasteiger partial charge in [0.05, 0.1) is 17.7 Å². The topological polar surface area (TPSA) is 46.5 Å². The lowest BCUT2D eigenvalue weighted by Crippen LogP contribution is -2.10. The van der Waals surface area contributed by atoms with Crippen LogP contribution in [0.15, 0.2) is 42.5 Å². The van der Waals surface area contributed by atoms with E-state index in [1.807, 2.05) is 0 Å². The van der Waals surface area contributed by atoms with Crippen molar-refractivity contribution in [3.8, 4) is 17.6 Å². The fourth-order valence-electron chi connectivity index (χ4n) is 1.92. The highest BCUT2D eigenvalue weighted by Crippen LogP contribution is 2.30. The predicted molar refractivity (Wildman–Crippen MR) is 81.5 cm³/mol. The van der Waals surface area contributed by atoms with Crippen molar-refractivity contribution in [3.05, 3.63) is 64.7 Å². The first-order valence-electron chi connectivity index (χ1n) is 7.00. The number of rotatable bonds is 2. The summed E-state index contributed by atoms with van der Waals surface area (Å²) in [5, 5.41) is 9.36. The van der Waals surface area contributed by atoms with Gasteiger partial charge >= 0.3 is 12.1 Å². The minimum Gasteiger partial charge on any atom is -0.508 e. The Kier molecular flexibility index (Phi) is 5.14. The zero-order valence-corrected chi connectivity index (χ0v) is 12.6. The third-order valence-corrected chi connectivity index (χ3v) is 2.97. The fraction of sp³-hybridized carbons (Fsp3) is 0.167. The van der Waals surface area contributed by atoms with Crippen LogP contribution < -0.4 is 0 Å². The average molecular weight is 334 g/mol. The Balaban J connectivity index is 2.46. The zero-order chi connectivity index (χ0) is 17.7. The van der Waals surface area contributed by atoms with Gasteiger partial charge in [0.2, 0.25) is 0 Å². The molecule has 0 fully saturated rings. The Hall–Kier alpha value is -2.94. The number of phenolic OH excluding ortho intramolecular Hbond substituents is 1. The van der Waals surface area contributed by atoms with E-state index < -0.39 is 17.7 Å². The highest BCUT2D eigenvalue weighted by Gasteiger charge is 2.31. The monoisotopic (exact) mass is 334 g/mol. The number of phenols is 1. The third-order valence-electron chi connectivity index (χ3n) is 2.97. The largest absolute Gasteiger partial charge is 0.508 e. The van der Waals surface area contributed by atoms with E-state index in [4.69, 9.17) is 4.74 Å². The second kappa shape index (κ2) is 7.09. The Labute approximate surface area is 136 Å². The molecule has 124 valence electrons. The second-order valence-corrected chi connectivity index (χ2v) is 4.82. The van der Waals surface area contributed by atoms with E-state index in [-0.39, 0.29) is 23.5 Å². The van der Waals surface area contributed by atoms with E-state index in [1.54, 1.807) is 19.1 Å². The van der Waals surface area contributed by atoms with Crippen molar-refractivity contribution in [1.82, 2.24) is 0 Å². The molecule has 0 amide bonds. The Morgan fingerprint density at radius 3 is 2.46 bits per heavy atom. The van der Waals surface area contributed by atoms with Crippen molar-refractivity contribution in [1.29, 1.82) is 0 Å². The van der Waals surface area contributed by atoms with Crippen molar-refractivity contribution < 1.29 is 27.8 Å². The Bertz CT molecular complexity index is 814. The molecule has 0 aliphatic rings. The van der Waals surface area contributed by atoms with Crippen molar-refractivity contribution >= 4 is 5.97 Å². The summed E-state index contributed by atoms with van der Waals surface area (Å²) in [5.41, 5.74) is -0.735. The molecule has 2 aromatic rings. The summed E-state index contributed by atoms with van der Waals surface area (Å²) in [4.78, 5) is 11.7. The molecular weight excluding hydrogens is 321 g/mol. The maximum absolute atomic E-state index is 13.0. The Morgan fingerprint density at radius 2 is 1.83 bits per heavy atom. The molecule has 0 aromatic heterocycles. The molecule has 0 unspecified atom stereocenters. The number of benzene rings is 2. The van der Waals surface area contributed by atoms with Gasteiger partial charge in [0.15, 0.2) is 0 Å². The molecule has 1 N–H and O–H groups in total. The quantitative estimate of drug-likeness (QED) is 0.667. The highest BCUT2D eigenvalue weighted by atomic mass is 19.4. The molecule has 2 rings (SSSR count). The average Bonchev–Trinajstić information content (AvgIpc) is 2.52. The van der Waals surface area contributed by atoms with E-state index in [1.165, 1.54) is 18.2 Å². The van der Waals surface area contributed by atoms with Crippen molar-refractivity contribution in [3.63, 3.8) is 0 Å². The molecular formula is C18H13F3O3. The summed E-state index contributed by atoms with van der Waals surface area (Å²) in [7, 11) is 0.